The average molecular weight is 426 g/mol. The molecule has 0 amide bonds. The molecule has 0 saturated heterocycles. The highest BCUT2D eigenvalue weighted by atomic mass is 35.5. The van der Waals surface area contributed by atoms with Crippen molar-refractivity contribution in [1.29, 1.82) is 0 Å². The summed E-state index contributed by atoms with van der Waals surface area (Å²) in [5.74, 6) is 0.716. The van der Waals surface area contributed by atoms with Crippen molar-refractivity contribution in [3.8, 4) is 0 Å². The van der Waals surface area contributed by atoms with Gasteiger partial charge >= 0.3 is 5.69 Å². The van der Waals surface area contributed by atoms with E-state index >= 15 is 0 Å². The van der Waals surface area contributed by atoms with Gasteiger partial charge in [-0.3, -0.25) is 0 Å². The number of aromatic nitrogens is 5. The summed E-state index contributed by atoms with van der Waals surface area (Å²) in [5, 5.41) is 12.2. The lowest BCUT2D eigenvalue weighted by Crippen LogP contribution is -2.22. The fourth-order valence-corrected chi connectivity index (χ4v) is 3.30. The van der Waals surface area contributed by atoms with Crippen LogP contribution < -0.4 is 27.0 Å². The van der Waals surface area contributed by atoms with Crippen LogP contribution in [-0.2, 0) is 0 Å². The van der Waals surface area contributed by atoms with Crippen LogP contribution in [0, 0.1) is 5.82 Å². The molecule has 0 spiro atoms. The third kappa shape index (κ3) is 3.55. The number of fused-ring (bicyclic) bond motifs is 1. The molecule has 5 rings (SSSR count). The summed E-state index contributed by atoms with van der Waals surface area (Å²) < 4.78 is 15.9. The molecule has 8 nitrogen and oxygen atoms in total. The maximum absolute atomic E-state index is 14.2. The van der Waals surface area contributed by atoms with Gasteiger partial charge in [-0.05, 0) is 37.1 Å². The van der Waals surface area contributed by atoms with Crippen LogP contribution in [0.2, 0.25) is 5.02 Å². The summed E-state index contributed by atoms with van der Waals surface area (Å²) >= 11 is 6.00. The molecule has 0 atom stereocenters. The number of halogens is 2. The molecule has 1 fully saturated rings. The van der Waals surface area contributed by atoms with Crippen molar-refractivity contribution in [2.45, 2.75) is 18.9 Å². The van der Waals surface area contributed by atoms with Gasteiger partial charge in [-0.25, -0.2) is 14.2 Å². The summed E-state index contributed by atoms with van der Waals surface area (Å²) in [5.41, 5.74) is 1.08. The molecule has 152 valence electrons. The Kier molecular flexibility index (Phi) is 4.32. The molecule has 10 heteroatoms. The highest BCUT2D eigenvalue weighted by Crippen LogP contribution is 2.29. The van der Waals surface area contributed by atoms with Crippen LogP contribution in [0.4, 0.5) is 21.7 Å². The average Bonchev–Trinajstić information content (AvgIpc) is 3.34. The lowest BCUT2D eigenvalue weighted by Gasteiger charge is -2.12. The molecule has 0 radical (unpaired) electrons. The minimum absolute atomic E-state index is 0.219. The summed E-state index contributed by atoms with van der Waals surface area (Å²) in [6.07, 6.45) is 5.53. The first kappa shape index (κ1) is 18.4. The van der Waals surface area contributed by atoms with E-state index in [1.54, 1.807) is 22.9 Å². The van der Waals surface area contributed by atoms with Gasteiger partial charge in [0, 0.05) is 22.7 Å². The molecule has 4 N–H and O–H groups in total. The topological polar surface area (TPSA) is 103 Å². The van der Waals surface area contributed by atoms with E-state index in [0.717, 1.165) is 18.7 Å². The van der Waals surface area contributed by atoms with Gasteiger partial charge in [0.1, 0.15) is 17.5 Å². The number of rotatable bonds is 5. The van der Waals surface area contributed by atoms with Crippen LogP contribution in [-0.4, -0.2) is 30.6 Å². The van der Waals surface area contributed by atoms with Crippen molar-refractivity contribution in [2.75, 3.05) is 10.6 Å². The minimum Gasteiger partial charge on any atom is -0.367 e. The van der Waals surface area contributed by atoms with E-state index in [9.17, 15) is 9.18 Å². The third-order valence-electron chi connectivity index (χ3n) is 4.76. The summed E-state index contributed by atoms with van der Waals surface area (Å²) in [6.45, 7) is 3.81. The first-order valence-corrected chi connectivity index (χ1v) is 9.70. The molecular formula is C20H17ClFN7O. The molecule has 0 aliphatic heterocycles. The number of anilines is 3. The molecule has 1 aromatic carbocycles. The van der Waals surface area contributed by atoms with Crippen molar-refractivity contribution in [1.82, 2.24) is 24.6 Å². The second-order valence-corrected chi connectivity index (χ2v) is 7.58. The Morgan fingerprint density at radius 3 is 2.87 bits per heavy atom. The number of H-pyrrole nitrogens is 2. The van der Waals surface area contributed by atoms with Crippen molar-refractivity contribution in [3.63, 3.8) is 0 Å². The van der Waals surface area contributed by atoms with Crippen LogP contribution in [0.3, 0.4) is 0 Å². The zero-order valence-electron chi connectivity index (χ0n) is 15.7. The molecule has 0 bridgehead atoms. The monoisotopic (exact) mass is 425 g/mol. The van der Waals surface area contributed by atoms with E-state index in [4.69, 9.17) is 11.6 Å². The van der Waals surface area contributed by atoms with Gasteiger partial charge in [0.25, 0.3) is 0 Å². The smallest absolute Gasteiger partial charge is 0.323 e. The Morgan fingerprint density at radius 1 is 1.30 bits per heavy atom. The van der Waals surface area contributed by atoms with Crippen molar-refractivity contribution in [2.24, 2.45) is 0 Å². The number of nitrogens with one attached hydrogen (secondary N) is 4. The fraction of sp³-hybridized carbons (Fsp3) is 0.150. The fourth-order valence-electron chi connectivity index (χ4n) is 3.13. The number of hydrogen-bond acceptors (Lipinski definition) is 5. The van der Waals surface area contributed by atoms with Gasteiger partial charge < -0.3 is 20.6 Å². The van der Waals surface area contributed by atoms with Crippen molar-refractivity contribution >= 4 is 47.2 Å². The standard InChI is InChI=1S/C20H17ClFN7O/c1-10-15(27-20(30)24-10)6-11-9-23-29-18(25-13-3-4-13)8-17(28-19(11)29)26-16-7-12(21)2-5-14(16)22/h2,5-9,13,25H,1,3-4H2,(H,26,28)(H2,24,27,30)/b15-6-. The zero-order chi connectivity index (χ0) is 20.8. The molecule has 1 saturated carbocycles. The molecule has 3 aromatic heterocycles. The first-order valence-electron chi connectivity index (χ1n) is 9.32. The molecule has 0 unspecified atom stereocenters. The second kappa shape index (κ2) is 7.03. The Labute approximate surface area is 174 Å². The van der Waals surface area contributed by atoms with E-state index < -0.39 is 5.82 Å². The number of aromatic amines is 2. The van der Waals surface area contributed by atoms with Crippen molar-refractivity contribution in [3.05, 3.63) is 68.0 Å². The predicted octanol–water partition coefficient (Wildman–Crippen LogP) is 2.10. The SMILES string of the molecule is C=c1[nH]c(=O)[nH]/c1=C\c1cnn2c(NC3CC3)cc(Nc3cc(Cl)ccc3F)nc12. The Morgan fingerprint density at radius 2 is 2.13 bits per heavy atom. The largest absolute Gasteiger partial charge is 0.367 e. The molecule has 4 aromatic rings. The van der Waals surface area contributed by atoms with Crippen LogP contribution >= 0.6 is 11.6 Å². The van der Waals surface area contributed by atoms with E-state index in [0.29, 0.717) is 38.8 Å². The highest BCUT2D eigenvalue weighted by molar-refractivity contribution is 6.30. The van der Waals surface area contributed by atoms with Gasteiger partial charge in [0.05, 0.1) is 22.6 Å². The molecule has 3 heterocycles. The number of imidazole rings is 1. The van der Waals surface area contributed by atoms with Crippen LogP contribution in [0.1, 0.15) is 18.4 Å². The van der Waals surface area contributed by atoms with E-state index in [1.165, 1.54) is 18.2 Å². The van der Waals surface area contributed by atoms with Gasteiger partial charge in [-0.15, -0.1) is 0 Å². The quantitative estimate of drug-likeness (QED) is 0.392. The maximum atomic E-state index is 14.2. The van der Waals surface area contributed by atoms with E-state index in [-0.39, 0.29) is 11.4 Å². The Bertz CT molecular complexity index is 1430. The predicted molar refractivity (Wildman–Crippen MR) is 114 cm³/mol. The normalized spacial score (nSPS) is 14.4. The second-order valence-electron chi connectivity index (χ2n) is 7.15. The molecular weight excluding hydrogens is 409 g/mol. The zero-order valence-corrected chi connectivity index (χ0v) is 16.4. The third-order valence-corrected chi connectivity index (χ3v) is 4.99. The summed E-state index contributed by atoms with van der Waals surface area (Å²) in [4.78, 5) is 21.4. The highest BCUT2D eigenvalue weighted by Gasteiger charge is 2.23. The molecule has 1 aliphatic carbocycles. The van der Waals surface area contributed by atoms with Crippen LogP contribution in [0.25, 0.3) is 18.3 Å². The lowest BCUT2D eigenvalue weighted by atomic mass is 10.3. The maximum Gasteiger partial charge on any atom is 0.323 e. The number of nitrogens with zero attached hydrogens (tertiary/aromatic N) is 3. The van der Waals surface area contributed by atoms with Gasteiger partial charge in [-0.1, -0.05) is 18.2 Å². The van der Waals surface area contributed by atoms with E-state index in [1.807, 2.05) is 0 Å². The van der Waals surface area contributed by atoms with Crippen molar-refractivity contribution < 1.29 is 4.39 Å². The lowest BCUT2D eigenvalue weighted by molar-refractivity contribution is 0.632. The van der Waals surface area contributed by atoms with E-state index in [2.05, 4.69) is 37.3 Å². The van der Waals surface area contributed by atoms with Crippen LogP contribution in [0.15, 0.2) is 35.3 Å². The number of benzene rings is 1. The first-order chi connectivity index (χ1) is 14.5. The summed E-state index contributed by atoms with van der Waals surface area (Å²) in [6, 6.07) is 6.42. The van der Waals surface area contributed by atoms with Gasteiger partial charge in [-0.2, -0.15) is 9.61 Å². The molecule has 30 heavy (non-hydrogen) atoms. The Balaban J connectivity index is 1.65. The molecule has 1 aliphatic rings. The van der Waals surface area contributed by atoms with Crippen LogP contribution in [0.5, 0.6) is 0 Å². The minimum atomic E-state index is -0.440. The van der Waals surface area contributed by atoms with Gasteiger partial charge in [0.15, 0.2) is 5.65 Å². The number of hydrogen-bond donors (Lipinski definition) is 4. The van der Waals surface area contributed by atoms with Gasteiger partial charge in [0.2, 0.25) is 0 Å². The summed E-state index contributed by atoms with van der Waals surface area (Å²) in [7, 11) is 0. The Hall–Kier alpha value is -3.59.